The van der Waals surface area contributed by atoms with Crippen LogP contribution in [0.4, 0.5) is 0 Å². The molecule has 2 bridgehead atoms. The van der Waals surface area contributed by atoms with Gasteiger partial charge in [0.1, 0.15) is 0 Å². The molecule has 1 N–H and O–H groups in total. The third kappa shape index (κ3) is 2.40. The largest absolute Gasteiger partial charge is 0.272 e. The number of nitrogens with one attached hydrogen (secondary N) is 1. The van der Waals surface area contributed by atoms with E-state index in [0.29, 0.717) is 5.56 Å². The van der Waals surface area contributed by atoms with E-state index < -0.39 is 17.7 Å². The molecule has 7 rings (SSSR count). The number of nitrogens with zero attached hydrogens (tertiary/aromatic N) is 1. The van der Waals surface area contributed by atoms with Gasteiger partial charge in [0, 0.05) is 17.4 Å². The van der Waals surface area contributed by atoms with Gasteiger partial charge in [-0.1, -0.05) is 66.2 Å². The first-order valence-corrected chi connectivity index (χ1v) is 10.5. The van der Waals surface area contributed by atoms with Crippen LogP contribution in [0.2, 0.25) is 0 Å². The van der Waals surface area contributed by atoms with Gasteiger partial charge in [-0.3, -0.25) is 19.8 Å². The predicted molar refractivity (Wildman–Crippen MR) is 114 cm³/mol. The first kappa shape index (κ1) is 18.1. The first-order chi connectivity index (χ1) is 15.1. The molecule has 0 unspecified atom stereocenters. The van der Waals surface area contributed by atoms with Crippen molar-refractivity contribution in [2.24, 2.45) is 11.8 Å². The highest BCUT2D eigenvalue weighted by atomic mass is 16.2. The van der Waals surface area contributed by atoms with Gasteiger partial charge in [0.15, 0.2) is 0 Å². The zero-order chi connectivity index (χ0) is 21.3. The third-order valence-corrected chi connectivity index (χ3v) is 6.98. The van der Waals surface area contributed by atoms with Gasteiger partial charge in [-0.05, 0) is 41.3 Å². The van der Waals surface area contributed by atoms with E-state index >= 15 is 0 Å². The zero-order valence-electron chi connectivity index (χ0n) is 16.9. The molecule has 3 aromatic carbocycles. The number of amides is 3. The zero-order valence-corrected chi connectivity index (χ0v) is 16.9. The highest BCUT2D eigenvalue weighted by molar-refractivity contribution is 6.09. The summed E-state index contributed by atoms with van der Waals surface area (Å²) in [6.07, 6.45) is 0. The maximum Gasteiger partial charge on any atom is 0.270 e. The second kappa shape index (κ2) is 6.38. The molecule has 0 spiro atoms. The highest BCUT2D eigenvalue weighted by Gasteiger charge is 2.62. The van der Waals surface area contributed by atoms with Crippen LogP contribution in [0.1, 0.15) is 50.0 Å². The lowest BCUT2D eigenvalue weighted by molar-refractivity contribution is -0.142. The summed E-state index contributed by atoms with van der Waals surface area (Å²) in [5.41, 5.74) is 8.48. The van der Waals surface area contributed by atoms with Gasteiger partial charge < -0.3 is 0 Å². The molecule has 0 saturated carbocycles. The number of hydrazine groups is 1. The summed E-state index contributed by atoms with van der Waals surface area (Å²) in [7, 11) is 0. The van der Waals surface area contributed by atoms with Crippen LogP contribution in [0.5, 0.6) is 0 Å². The minimum absolute atomic E-state index is 0.180. The Kier molecular flexibility index (Phi) is 3.72. The quantitative estimate of drug-likeness (QED) is 0.660. The lowest BCUT2D eigenvalue weighted by Crippen LogP contribution is -2.46. The van der Waals surface area contributed by atoms with Crippen molar-refractivity contribution in [1.82, 2.24) is 10.4 Å². The lowest BCUT2D eigenvalue weighted by Gasteiger charge is -2.45. The number of hydrogen-bond donors (Lipinski definition) is 1. The molecular weight excluding hydrogens is 388 g/mol. The summed E-state index contributed by atoms with van der Waals surface area (Å²) in [5, 5.41) is 0.968. The average molecular weight is 408 g/mol. The van der Waals surface area contributed by atoms with Gasteiger partial charge in [0.25, 0.3) is 17.7 Å². The van der Waals surface area contributed by atoms with Crippen LogP contribution in [0.25, 0.3) is 0 Å². The number of imide groups is 1. The van der Waals surface area contributed by atoms with E-state index in [0.717, 1.165) is 32.8 Å². The Bertz CT molecular complexity index is 1150. The normalized spacial score (nSPS) is 25.1. The van der Waals surface area contributed by atoms with E-state index in [1.54, 1.807) is 12.1 Å². The molecule has 1 heterocycles. The Morgan fingerprint density at radius 3 is 1.55 bits per heavy atom. The van der Waals surface area contributed by atoms with Crippen LogP contribution in [0.3, 0.4) is 0 Å². The summed E-state index contributed by atoms with van der Waals surface area (Å²) in [6.45, 7) is 1.94. The van der Waals surface area contributed by atoms with E-state index in [-0.39, 0.29) is 23.7 Å². The second-order valence-corrected chi connectivity index (χ2v) is 8.58. The molecule has 3 aromatic rings. The Hall–Kier alpha value is -3.73. The molecule has 5 heteroatoms. The van der Waals surface area contributed by atoms with Gasteiger partial charge >= 0.3 is 0 Å². The van der Waals surface area contributed by atoms with Crippen LogP contribution < -0.4 is 5.43 Å². The molecular formula is C26H20N2O3. The van der Waals surface area contributed by atoms with Gasteiger partial charge in [-0.15, -0.1) is 0 Å². The van der Waals surface area contributed by atoms with Crippen molar-refractivity contribution in [3.8, 4) is 0 Å². The van der Waals surface area contributed by atoms with E-state index in [1.807, 2.05) is 43.3 Å². The molecule has 1 fully saturated rings. The summed E-state index contributed by atoms with van der Waals surface area (Å²) in [5.74, 6) is -2.46. The molecule has 0 radical (unpaired) electrons. The van der Waals surface area contributed by atoms with Crippen molar-refractivity contribution in [2.75, 3.05) is 0 Å². The smallest absolute Gasteiger partial charge is 0.270 e. The maximum absolute atomic E-state index is 13.5. The molecule has 0 aromatic heterocycles. The van der Waals surface area contributed by atoms with Gasteiger partial charge in [-0.25, -0.2) is 0 Å². The summed E-state index contributed by atoms with van der Waals surface area (Å²) in [6, 6.07) is 23.2. The van der Waals surface area contributed by atoms with Crippen molar-refractivity contribution < 1.29 is 14.4 Å². The van der Waals surface area contributed by atoms with Crippen LogP contribution in [-0.2, 0) is 9.59 Å². The SMILES string of the molecule is Cc1ccc(C(=O)NN2C(=O)[C@H]3C4c5ccccc5C(c5ccccc54)[C@@H]3C2=O)cc1. The van der Waals surface area contributed by atoms with Gasteiger partial charge in [0.2, 0.25) is 0 Å². The van der Waals surface area contributed by atoms with Crippen molar-refractivity contribution >= 4 is 17.7 Å². The van der Waals surface area contributed by atoms with Gasteiger partial charge in [0.05, 0.1) is 11.8 Å². The first-order valence-electron chi connectivity index (χ1n) is 10.5. The molecule has 3 amide bonds. The van der Waals surface area contributed by atoms with E-state index in [4.69, 9.17) is 0 Å². The monoisotopic (exact) mass is 408 g/mol. The standard InChI is InChI=1S/C26H20N2O3/c1-14-10-12-15(13-11-14)24(29)27-28-25(30)22-20-16-6-2-3-7-17(16)21(23(22)26(28)31)19-9-5-4-8-18(19)20/h2-13,20-23H,1H3,(H,27,29)/t20?,21?,22-,23-/m0/s1. The Morgan fingerprint density at radius 1 is 0.710 bits per heavy atom. The fourth-order valence-electron chi connectivity index (χ4n) is 5.66. The fraction of sp³-hybridized carbons (Fsp3) is 0.192. The van der Waals surface area contributed by atoms with E-state index in [1.165, 1.54) is 0 Å². The number of hydrogen-bond acceptors (Lipinski definition) is 3. The van der Waals surface area contributed by atoms with Crippen molar-refractivity contribution in [3.05, 3.63) is 106 Å². The molecule has 1 saturated heterocycles. The maximum atomic E-state index is 13.5. The van der Waals surface area contributed by atoms with Crippen molar-refractivity contribution in [3.63, 3.8) is 0 Å². The Balaban J connectivity index is 1.41. The van der Waals surface area contributed by atoms with Crippen molar-refractivity contribution in [1.29, 1.82) is 0 Å². The molecule has 152 valence electrons. The highest BCUT2D eigenvalue weighted by Crippen LogP contribution is 2.60. The topological polar surface area (TPSA) is 66.5 Å². The second-order valence-electron chi connectivity index (χ2n) is 8.58. The predicted octanol–water partition coefficient (Wildman–Crippen LogP) is 3.53. The lowest BCUT2D eigenvalue weighted by atomic mass is 9.55. The minimum Gasteiger partial charge on any atom is -0.272 e. The van der Waals surface area contributed by atoms with Gasteiger partial charge in [-0.2, -0.15) is 5.01 Å². The molecule has 31 heavy (non-hydrogen) atoms. The van der Waals surface area contributed by atoms with Crippen LogP contribution in [0, 0.1) is 18.8 Å². The molecule has 3 aliphatic carbocycles. The number of carbonyl (C=O) groups excluding carboxylic acids is 3. The Labute approximate surface area is 179 Å². The Morgan fingerprint density at radius 2 is 1.13 bits per heavy atom. The van der Waals surface area contributed by atoms with Crippen LogP contribution >= 0.6 is 0 Å². The molecule has 1 aliphatic heterocycles. The minimum atomic E-state index is -0.499. The molecule has 2 atom stereocenters. The molecule has 5 nitrogen and oxygen atoms in total. The summed E-state index contributed by atoms with van der Waals surface area (Å²) in [4.78, 5) is 39.7. The van der Waals surface area contributed by atoms with Crippen molar-refractivity contribution in [2.45, 2.75) is 18.8 Å². The summed E-state index contributed by atoms with van der Waals surface area (Å²) < 4.78 is 0. The fourth-order valence-corrected chi connectivity index (χ4v) is 5.66. The number of aryl methyl sites for hydroxylation is 1. The molecule has 4 aliphatic rings. The average Bonchev–Trinajstić information content (AvgIpc) is 3.05. The van der Waals surface area contributed by atoms with Crippen LogP contribution in [-0.4, -0.2) is 22.7 Å². The van der Waals surface area contributed by atoms with E-state index in [9.17, 15) is 14.4 Å². The van der Waals surface area contributed by atoms with Crippen LogP contribution in [0.15, 0.2) is 72.8 Å². The summed E-state index contributed by atoms with van der Waals surface area (Å²) >= 11 is 0. The number of carbonyl (C=O) groups is 3. The third-order valence-electron chi connectivity index (χ3n) is 6.98. The van der Waals surface area contributed by atoms with E-state index in [2.05, 4.69) is 29.7 Å². The number of benzene rings is 3. The number of rotatable bonds is 2.